The van der Waals surface area contributed by atoms with Crippen LogP contribution in [-0.4, -0.2) is 72.4 Å². The van der Waals surface area contributed by atoms with Gasteiger partial charge in [0.1, 0.15) is 18.4 Å². The van der Waals surface area contributed by atoms with Crippen LogP contribution in [0.1, 0.15) is 43.6 Å². The van der Waals surface area contributed by atoms with E-state index in [0.717, 1.165) is 0 Å². The number of carbonyl (C=O) groups excluding carboxylic acids is 3. The molecule has 2 atom stereocenters. The smallest absolute Gasteiger partial charge is 0.298 e. The van der Waals surface area contributed by atoms with Crippen LogP contribution in [0.2, 0.25) is 0 Å². The van der Waals surface area contributed by atoms with Gasteiger partial charge in [-0.2, -0.15) is 19.1 Å². The maximum atomic E-state index is 15.3. The molecule has 2 aliphatic heterocycles. The van der Waals surface area contributed by atoms with E-state index in [1.165, 1.54) is 96.7 Å². The van der Waals surface area contributed by atoms with Gasteiger partial charge in [0.15, 0.2) is 5.69 Å². The zero-order valence-electron chi connectivity index (χ0n) is 24.8. The van der Waals surface area contributed by atoms with Crippen LogP contribution < -0.4 is 15.0 Å². The Morgan fingerprint density at radius 3 is 2.39 bits per heavy atom. The first-order valence-electron chi connectivity index (χ1n) is 14.3. The highest BCUT2D eigenvalue weighted by Gasteiger charge is 2.49. The van der Waals surface area contributed by atoms with E-state index in [9.17, 15) is 19.6 Å². The molecule has 1 fully saturated rings. The summed E-state index contributed by atoms with van der Waals surface area (Å²) in [6.07, 6.45) is 1.35. The number of aromatic nitrogens is 2. The van der Waals surface area contributed by atoms with Crippen molar-refractivity contribution in [2.75, 3.05) is 44.1 Å². The number of hydrogen-bond acceptors (Lipinski definition) is 7. The number of likely N-dealkylation sites (tertiary alicyclic amines) is 1. The predicted octanol–water partition coefficient (Wildman–Crippen LogP) is 4.21. The molecular formula is C33H28F2N6O5. The van der Waals surface area contributed by atoms with E-state index in [1.54, 1.807) is 11.0 Å². The summed E-state index contributed by atoms with van der Waals surface area (Å²) < 4.78 is 42.3. The number of benzene rings is 3. The number of nitriles is 1. The summed E-state index contributed by atoms with van der Waals surface area (Å²) in [6.45, 7) is 0.202. The molecule has 0 spiro atoms. The third kappa shape index (κ3) is 5.22. The number of fused-ring (bicyclic) bond motifs is 3. The van der Waals surface area contributed by atoms with Crippen LogP contribution >= 0.6 is 0 Å². The fraction of sp³-hybridized carbons (Fsp3) is 0.242. The molecule has 0 unspecified atom stereocenters. The summed E-state index contributed by atoms with van der Waals surface area (Å²) in [5.41, 5.74) is 0.411. The maximum Gasteiger partial charge on any atom is 0.298 e. The molecule has 11 nitrogen and oxygen atoms in total. The highest BCUT2D eigenvalue weighted by Crippen LogP contribution is 2.41. The standard InChI is InChI=1S/C33H28F2N6O5/c1-45-19-29(42)39-17-26-27(18-39)41-30(25(16-37-41)38-31(43)20-8-13-28(46-2)21(14-20)15-36)32(44)40(26)24-11-9-23(10-12-24)33(34,35)22-6-4-3-5-7-22/h3-14,16,26-27H,17-19H2,1-2H3,(H,38,43)/t26-,27+/m0/s1. The van der Waals surface area contributed by atoms with Crippen molar-refractivity contribution in [3.8, 4) is 11.8 Å². The highest BCUT2D eigenvalue weighted by atomic mass is 19.3. The average Bonchev–Trinajstić information content (AvgIpc) is 3.70. The largest absolute Gasteiger partial charge is 0.495 e. The number of anilines is 2. The first kappa shape index (κ1) is 30.4. The predicted molar refractivity (Wildman–Crippen MR) is 162 cm³/mol. The van der Waals surface area contributed by atoms with Crippen LogP contribution in [0.3, 0.4) is 0 Å². The molecule has 3 aromatic carbocycles. The Morgan fingerprint density at radius 2 is 1.72 bits per heavy atom. The molecule has 6 rings (SSSR count). The van der Waals surface area contributed by atoms with Gasteiger partial charge < -0.3 is 19.7 Å². The van der Waals surface area contributed by atoms with Crippen molar-refractivity contribution in [1.82, 2.24) is 14.7 Å². The molecule has 0 saturated carbocycles. The number of amides is 3. The van der Waals surface area contributed by atoms with Crippen molar-refractivity contribution in [2.45, 2.75) is 18.0 Å². The number of alkyl halides is 2. The number of nitrogens with zero attached hydrogens (tertiary/aromatic N) is 5. The first-order valence-corrected chi connectivity index (χ1v) is 14.3. The molecular weight excluding hydrogens is 598 g/mol. The van der Waals surface area contributed by atoms with Crippen LogP contribution in [0.5, 0.6) is 5.75 Å². The van der Waals surface area contributed by atoms with E-state index in [4.69, 9.17) is 9.47 Å². The van der Waals surface area contributed by atoms with Gasteiger partial charge in [-0.1, -0.05) is 42.5 Å². The van der Waals surface area contributed by atoms with Crippen LogP contribution in [0.4, 0.5) is 20.2 Å². The molecule has 0 aliphatic carbocycles. The van der Waals surface area contributed by atoms with E-state index < -0.39 is 29.8 Å². The molecule has 1 aromatic heterocycles. The Morgan fingerprint density at radius 1 is 1.02 bits per heavy atom. The lowest BCUT2D eigenvalue weighted by atomic mass is 9.99. The Bertz CT molecular complexity index is 1850. The molecule has 2 aliphatic rings. The van der Waals surface area contributed by atoms with E-state index in [1.807, 2.05) is 6.07 Å². The molecule has 46 heavy (non-hydrogen) atoms. The second-order valence-corrected chi connectivity index (χ2v) is 10.9. The topological polar surface area (TPSA) is 130 Å². The van der Waals surface area contributed by atoms with Gasteiger partial charge in [0, 0.05) is 42.6 Å². The summed E-state index contributed by atoms with van der Waals surface area (Å²) in [6, 6.07) is 18.1. The lowest BCUT2D eigenvalue weighted by molar-refractivity contribution is -0.134. The molecule has 13 heteroatoms. The lowest BCUT2D eigenvalue weighted by Gasteiger charge is -2.37. The molecule has 3 amide bonds. The van der Waals surface area contributed by atoms with Gasteiger partial charge in [-0.3, -0.25) is 24.0 Å². The van der Waals surface area contributed by atoms with Crippen molar-refractivity contribution in [1.29, 1.82) is 5.26 Å². The Hall–Kier alpha value is -5.61. The molecule has 3 heterocycles. The van der Waals surface area contributed by atoms with Crippen LogP contribution in [0.25, 0.3) is 0 Å². The van der Waals surface area contributed by atoms with E-state index >= 15 is 8.78 Å². The minimum atomic E-state index is -3.27. The van der Waals surface area contributed by atoms with E-state index in [-0.39, 0.29) is 59.2 Å². The van der Waals surface area contributed by atoms with Gasteiger partial charge in [-0.05, 0) is 30.3 Å². The summed E-state index contributed by atoms with van der Waals surface area (Å²) in [5, 5.41) is 16.6. The van der Waals surface area contributed by atoms with Gasteiger partial charge in [0.05, 0.1) is 36.6 Å². The number of nitrogens with one attached hydrogen (secondary N) is 1. The zero-order chi connectivity index (χ0) is 32.6. The summed E-state index contributed by atoms with van der Waals surface area (Å²) in [7, 11) is 2.82. The minimum Gasteiger partial charge on any atom is -0.495 e. The maximum absolute atomic E-state index is 15.3. The van der Waals surface area contributed by atoms with Crippen molar-refractivity contribution in [3.63, 3.8) is 0 Å². The first-order chi connectivity index (χ1) is 22.2. The number of methoxy groups -OCH3 is 2. The normalized spacial score (nSPS) is 17.2. The summed E-state index contributed by atoms with van der Waals surface area (Å²) in [5.74, 6) is -4.37. The van der Waals surface area contributed by atoms with Gasteiger partial charge in [-0.15, -0.1) is 0 Å². The highest BCUT2D eigenvalue weighted by molar-refractivity contribution is 6.13. The van der Waals surface area contributed by atoms with Crippen molar-refractivity contribution in [3.05, 3.63) is 107 Å². The van der Waals surface area contributed by atoms with Crippen LogP contribution in [0, 0.1) is 11.3 Å². The third-order valence-corrected chi connectivity index (χ3v) is 8.22. The molecule has 1 N–H and O–H groups in total. The van der Waals surface area contributed by atoms with E-state index in [2.05, 4.69) is 10.4 Å². The summed E-state index contributed by atoms with van der Waals surface area (Å²) >= 11 is 0. The van der Waals surface area contributed by atoms with Crippen molar-refractivity contribution >= 4 is 29.1 Å². The summed E-state index contributed by atoms with van der Waals surface area (Å²) in [4.78, 5) is 43.3. The van der Waals surface area contributed by atoms with Crippen molar-refractivity contribution in [2.24, 2.45) is 0 Å². The fourth-order valence-corrected chi connectivity index (χ4v) is 5.95. The SMILES string of the molecule is COCC(=O)N1C[C@@H]2[C@H](C1)N(c1ccc(C(F)(F)c3ccccc3)cc1)C(=O)c1c(NC(=O)c3ccc(OC)c(C#N)c3)cnn12. The Kier molecular flexibility index (Phi) is 7.97. The minimum absolute atomic E-state index is 0.0587. The van der Waals surface area contributed by atoms with Gasteiger partial charge >= 0.3 is 0 Å². The second kappa shape index (κ2) is 12.1. The Labute approximate surface area is 262 Å². The number of carbonyl (C=O) groups is 3. The molecule has 234 valence electrons. The molecule has 1 saturated heterocycles. The van der Waals surface area contributed by atoms with Gasteiger partial charge in [-0.25, -0.2) is 0 Å². The van der Waals surface area contributed by atoms with Gasteiger partial charge in [0.2, 0.25) is 5.91 Å². The van der Waals surface area contributed by atoms with Crippen LogP contribution in [0.15, 0.2) is 79.0 Å². The second-order valence-electron chi connectivity index (χ2n) is 10.9. The molecule has 4 aromatic rings. The monoisotopic (exact) mass is 626 g/mol. The number of halogens is 2. The Balaban J connectivity index is 1.36. The fourth-order valence-electron chi connectivity index (χ4n) is 5.95. The number of hydrogen-bond donors (Lipinski definition) is 1. The number of ether oxygens (including phenoxy) is 2. The molecule has 0 bridgehead atoms. The number of rotatable bonds is 8. The van der Waals surface area contributed by atoms with E-state index in [0.29, 0.717) is 11.4 Å². The van der Waals surface area contributed by atoms with Crippen LogP contribution in [-0.2, 0) is 15.5 Å². The average molecular weight is 627 g/mol. The quantitative estimate of drug-likeness (QED) is 0.310. The van der Waals surface area contributed by atoms with Gasteiger partial charge in [0.25, 0.3) is 17.7 Å². The third-order valence-electron chi connectivity index (χ3n) is 8.22. The zero-order valence-corrected chi connectivity index (χ0v) is 24.8. The lowest BCUT2D eigenvalue weighted by Crippen LogP contribution is -2.51. The molecule has 0 radical (unpaired) electrons. The van der Waals surface area contributed by atoms with Crippen molar-refractivity contribution < 1.29 is 32.6 Å².